The van der Waals surface area contributed by atoms with Crippen LogP contribution < -0.4 is 10.6 Å². The van der Waals surface area contributed by atoms with E-state index in [1.807, 2.05) is 0 Å². The SMILES string of the molecule is O=C(O)NC12CCC(C1)NC2. The van der Waals surface area contributed by atoms with Gasteiger partial charge in [-0.15, -0.1) is 0 Å². The molecule has 0 aromatic carbocycles. The Labute approximate surface area is 65.0 Å². The van der Waals surface area contributed by atoms with E-state index in [-0.39, 0.29) is 5.54 Å². The van der Waals surface area contributed by atoms with Crippen LogP contribution >= 0.6 is 0 Å². The van der Waals surface area contributed by atoms with Gasteiger partial charge in [0.05, 0.1) is 5.54 Å². The van der Waals surface area contributed by atoms with Gasteiger partial charge in [-0.3, -0.25) is 0 Å². The van der Waals surface area contributed by atoms with E-state index in [9.17, 15) is 4.79 Å². The highest BCUT2D eigenvalue weighted by Crippen LogP contribution is 2.34. The summed E-state index contributed by atoms with van der Waals surface area (Å²) in [5, 5.41) is 14.4. The van der Waals surface area contributed by atoms with E-state index in [4.69, 9.17) is 5.11 Å². The van der Waals surface area contributed by atoms with Gasteiger partial charge in [0.1, 0.15) is 0 Å². The van der Waals surface area contributed by atoms with Crippen LogP contribution in [0.25, 0.3) is 0 Å². The van der Waals surface area contributed by atoms with Gasteiger partial charge in [0.2, 0.25) is 0 Å². The second-order valence-electron chi connectivity index (χ2n) is 3.53. The molecule has 1 aliphatic heterocycles. The van der Waals surface area contributed by atoms with Crippen molar-refractivity contribution < 1.29 is 9.90 Å². The van der Waals surface area contributed by atoms with Crippen molar-refractivity contribution in [3.05, 3.63) is 0 Å². The number of nitrogens with one attached hydrogen (secondary N) is 2. The second-order valence-corrected chi connectivity index (χ2v) is 3.53. The van der Waals surface area contributed by atoms with Crippen molar-refractivity contribution in [1.29, 1.82) is 0 Å². The fourth-order valence-corrected chi connectivity index (χ4v) is 2.19. The molecule has 1 aliphatic carbocycles. The normalized spacial score (nSPS) is 40.9. The lowest BCUT2D eigenvalue weighted by Gasteiger charge is -2.25. The van der Waals surface area contributed by atoms with Crippen LogP contribution in [0.15, 0.2) is 0 Å². The number of carboxylic acid groups (broad SMARTS) is 1. The summed E-state index contributed by atoms with van der Waals surface area (Å²) in [6.07, 6.45) is 2.19. The Morgan fingerprint density at radius 1 is 1.73 bits per heavy atom. The van der Waals surface area contributed by atoms with Crippen LogP contribution in [0.2, 0.25) is 0 Å². The number of hydrogen-bond acceptors (Lipinski definition) is 2. The molecule has 2 fully saturated rings. The molecule has 2 unspecified atom stereocenters. The monoisotopic (exact) mass is 156 g/mol. The predicted octanol–water partition coefficient (Wildman–Crippen LogP) is 0.148. The van der Waals surface area contributed by atoms with Gasteiger partial charge in [-0.2, -0.15) is 0 Å². The summed E-state index contributed by atoms with van der Waals surface area (Å²) >= 11 is 0. The molecule has 2 aliphatic rings. The first kappa shape index (κ1) is 6.91. The Kier molecular flexibility index (Phi) is 1.32. The Balaban J connectivity index is 2.05. The van der Waals surface area contributed by atoms with Crippen molar-refractivity contribution in [1.82, 2.24) is 10.6 Å². The highest BCUT2D eigenvalue weighted by atomic mass is 16.4. The maximum Gasteiger partial charge on any atom is 0.405 e. The van der Waals surface area contributed by atoms with Gasteiger partial charge in [0.25, 0.3) is 0 Å². The molecular weight excluding hydrogens is 144 g/mol. The van der Waals surface area contributed by atoms with Crippen LogP contribution in [-0.4, -0.2) is 29.3 Å². The average Bonchev–Trinajstić information content (AvgIpc) is 2.43. The van der Waals surface area contributed by atoms with Gasteiger partial charge in [-0.05, 0) is 19.3 Å². The number of rotatable bonds is 1. The van der Waals surface area contributed by atoms with Crippen LogP contribution in [0, 0.1) is 0 Å². The fraction of sp³-hybridized carbons (Fsp3) is 0.857. The van der Waals surface area contributed by atoms with Gasteiger partial charge in [-0.1, -0.05) is 0 Å². The first-order valence-electron chi connectivity index (χ1n) is 3.95. The maximum absolute atomic E-state index is 10.4. The summed E-state index contributed by atoms with van der Waals surface area (Å²) in [5.74, 6) is 0. The van der Waals surface area contributed by atoms with Crippen LogP contribution in [0.3, 0.4) is 0 Å². The Morgan fingerprint density at radius 3 is 2.91 bits per heavy atom. The van der Waals surface area contributed by atoms with Crippen LogP contribution in [-0.2, 0) is 0 Å². The van der Waals surface area contributed by atoms with E-state index >= 15 is 0 Å². The highest BCUT2D eigenvalue weighted by molar-refractivity contribution is 5.66. The zero-order valence-electron chi connectivity index (χ0n) is 6.26. The standard InChI is InChI=1S/C7H12N2O2/c10-6(11)9-7-2-1-5(3-7)8-4-7/h5,8-9H,1-4H2,(H,10,11). The zero-order chi connectivity index (χ0) is 7.90. The molecule has 0 spiro atoms. The molecule has 4 nitrogen and oxygen atoms in total. The van der Waals surface area contributed by atoms with Gasteiger partial charge in [-0.25, -0.2) is 4.79 Å². The molecule has 4 heteroatoms. The lowest BCUT2D eigenvalue weighted by atomic mass is 10.00. The third kappa shape index (κ3) is 1.07. The first-order valence-corrected chi connectivity index (χ1v) is 3.95. The smallest absolute Gasteiger partial charge is 0.405 e. The highest BCUT2D eigenvalue weighted by Gasteiger charge is 2.45. The van der Waals surface area contributed by atoms with E-state index in [0.29, 0.717) is 6.04 Å². The van der Waals surface area contributed by atoms with Crippen LogP contribution in [0.4, 0.5) is 4.79 Å². The van der Waals surface area contributed by atoms with Gasteiger partial charge >= 0.3 is 6.09 Å². The first-order chi connectivity index (χ1) is 5.20. The molecule has 1 saturated heterocycles. The molecule has 11 heavy (non-hydrogen) atoms. The third-order valence-electron chi connectivity index (χ3n) is 2.71. The summed E-state index contributed by atoms with van der Waals surface area (Å²) < 4.78 is 0. The minimum absolute atomic E-state index is 0.128. The van der Waals surface area contributed by atoms with E-state index in [1.54, 1.807) is 0 Å². The molecule has 1 saturated carbocycles. The minimum atomic E-state index is -0.894. The molecule has 2 rings (SSSR count). The number of piperidine rings is 1. The van der Waals surface area contributed by atoms with Crippen LogP contribution in [0.5, 0.6) is 0 Å². The van der Waals surface area contributed by atoms with E-state index in [1.165, 1.54) is 0 Å². The van der Waals surface area contributed by atoms with Gasteiger partial charge in [0, 0.05) is 12.6 Å². The van der Waals surface area contributed by atoms with E-state index < -0.39 is 6.09 Å². The molecule has 2 atom stereocenters. The van der Waals surface area contributed by atoms with Gasteiger partial charge < -0.3 is 15.7 Å². The van der Waals surface area contributed by atoms with E-state index in [0.717, 1.165) is 25.8 Å². The lowest BCUT2D eigenvalue weighted by molar-refractivity contribution is 0.179. The summed E-state index contributed by atoms with van der Waals surface area (Å²) in [4.78, 5) is 10.4. The second kappa shape index (κ2) is 2.11. The number of hydrogen-bond donors (Lipinski definition) is 3. The summed E-state index contributed by atoms with van der Waals surface area (Å²) in [7, 11) is 0. The van der Waals surface area contributed by atoms with Crippen molar-refractivity contribution >= 4 is 6.09 Å². The zero-order valence-corrected chi connectivity index (χ0v) is 6.26. The van der Waals surface area contributed by atoms with Gasteiger partial charge in [0.15, 0.2) is 0 Å². The number of fused-ring (bicyclic) bond motifs is 2. The molecule has 1 amide bonds. The summed E-state index contributed by atoms with van der Waals surface area (Å²) in [6, 6.07) is 0.557. The molecule has 2 bridgehead atoms. The van der Waals surface area contributed by atoms with Crippen molar-refractivity contribution in [2.24, 2.45) is 0 Å². The van der Waals surface area contributed by atoms with Crippen LogP contribution in [0.1, 0.15) is 19.3 Å². The lowest BCUT2D eigenvalue weighted by Crippen LogP contribution is -2.49. The molecule has 0 aromatic heterocycles. The molecular formula is C7H12N2O2. The molecule has 0 radical (unpaired) electrons. The van der Waals surface area contributed by atoms with Crippen molar-refractivity contribution in [2.45, 2.75) is 30.8 Å². The largest absolute Gasteiger partial charge is 0.465 e. The predicted molar refractivity (Wildman–Crippen MR) is 39.5 cm³/mol. The quantitative estimate of drug-likeness (QED) is 0.506. The fourth-order valence-electron chi connectivity index (χ4n) is 2.19. The Bertz CT molecular complexity index is 185. The summed E-state index contributed by atoms with van der Waals surface area (Å²) in [6.45, 7) is 0.809. The number of carbonyl (C=O) groups is 1. The number of amides is 1. The minimum Gasteiger partial charge on any atom is -0.465 e. The molecule has 62 valence electrons. The third-order valence-corrected chi connectivity index (χ3v) is 2.71. The molecule has 1 heterocycles. The van der Waals surface area contributed by atoms with Crippen molar-refractivity contribution in [3.8, 4) is 0 Å². The molecule has 0 aromatic rings. The maximum atomic E-state index is 10.4. The topological polar surface area (TPSA) is 61.4 Å². The Hall–Kier alpha value is -0.770. The summed E-state index contributed by atoms with van der Waals surface area (Å²) in [5.41, 5.74) is -0.128. The van der Waals surface area contributed by atoms with E-state index in [2.05, 4.69) is 10.6 Å². The molecule has 3 N–H and O–H groups in total. The Morgan fingerprint density at radius 2 is 2.55 bits per heavy atom. The van der Waals surface area contributed by atoms with Crippen molar-refractivity contribution in [3.63, 3.8) is 0 Å². The average molecular weight is 156 g/mol. The van der Waals surface area contributed by atoms with Crippen molar-refractivity contribution in [2.75, 3.05) is 6.54 Å².